The summed E-state index contributed by atoms with van der Waals surface area (Å²) >= 11 is 1.39. The quantitative estimate of drug-likeness (QED) is 0.710. The molecule has 0 saturated heterocycles. The molecular weight excluding hydrogens is 299 g/mol. The highest BCUT2D eigenvalue weighted by Crippen LogP contribution is 2.30. The predicted molar refractivity (Wildman–Crippen MR) is 85.9 cm³/mol. The van der Waals surface area contributed by atoms with Crippen LogP contribution < -0.4 is 0 Å². The lowest BCUT2D eigenvalue weighted by Crippen LogP contribution is -2.00. The van der Waals surface area contributed by atoms with Gasteiger partial charge in [0.15, 0.2) is 5.78 Å². The minimum absolute atomic E-state index is 0.00279. The summed E-state index contributed by atoms with van der Waals surface area (Å²) in [5, 5.41) is 9.51. The topological polar surface area (TPSA) is 37.3 Å². The van der Waals surface area contributed by atoms with E-state index >= 15 is 0 Å². The van der Waals surface area contributed by atoms with E-state index in [2.05, 4.69) is 0 Å². The fraction of sp³-hybridized carbons (Fsp3) is 0.0556. The van der Waals surface area contributed by atoms with Gasteiger partial charge in [0.1, 0.15) is 11.6 Å². The molecule has 0 spiro atoms. The summed E-state index contributed by atoms with van der Waals surface area (Å²) in [5.74, 6) is -0.105. The number of phenols is 1. The number of carbonyl (C=O) groups excluding carboxylic acids is 1. The van der Waals surface area contributed by atoms with Crippen molar-refractivity contribution in [2.45, 2.75) is 6.42 Å². The van der Waals surface area contributed by atoms with E-state index in [4.69, 9.17) is 0 Å². The zero-order valence-corrected chi connectivity index (χ0v) is 12.4. The van der Waals surface area contributed by atoms with Gasteiger partial charge in [-0.2, -0.15) is 0 Å². The molecule has 2 aromatic carbocycles. The highest BCUT2D eigenvalue weighted by molar-refractivity contribution is 7.17. The number of benzene rings is 2. The van der Waals surface area contributed by atoms with Crippen LogP contribution >= 0.6 is 11.3 Å². The molecule has 1 aromatic heterocycles. The Kier molecular flexibility index (Phi) is 4.02. The third-order valence-corrected chi connectivity index (χ3v) is 4.46. The second-order valence-corrected chi connectivity index (χ2v) is 6.02. The van der Waals surface area contributed by atoms with E-state index in [9.17, 15) is 14.3 Å². The normalized spacial score (nSPS) is 10.6. The summed E-state index contributed by atoms with van der Waals surface area (Å²) < 4.78 is 12.9. The fourth-order valence-corrected chi connectivity index (χ4v) is 3.12. The highest BCUT2D eigenvalue weighted by Gasteiger charge is 2.11. The van der Waals surface area contributed by atoms with E-state index < -0.39 is 0 Å². The smallest absolute Gasteiger partial charge is 0.177 e. The Morgan fingerprint density at radius 1 is 1.05 bits per heavy atom. The summed E-state index contributed by atoms with van der Waals surface area (Å²) in [4.78, 5) is 13.9. The minimum Gasteiger partial charge on any atom is -0.508 e. The van der Waals surface area contributed by atoms with Gasteiger partial charge in [-0.25, -0.2) is 4.39 Å². The van der Waals surface area contributed by atoms with Crippen LogP contribution in [-0.2, 0) is 6.42 Å². The van der Waals surface area contributed by atoms with E-state index in [0.29, 0.717) is 4.88 Å². The van der Waals surface area contributed by atoms with Crippen LogP contribution in [0.15, 0.2) is 60.7 Å². The van der Waals surface area contributed by atoms with Gasteiger partial charge in [-0.05, 0) is 47.5 Å². The number of carbonyl (C=O) groups is 1. The number of Topliss-reactive ketones (excluding diaryl/α,β-unsaturated/α-hetero) is 1. The molecule has 0 aliphatic rings. The van der Waals surface area contributed by atoms with Gasteiger partial charge in [-0.3, -0.25) is 4.79 Å². The molecule has 0 unspecified atom stereocenters. The van der Waals surface area contributed by atoms with E-state index in [0.717, 1.165) is 16.0 Å². The number of aromatic hydroxyl groups is 1. The van der Waals surface area contributed by atoms with Crippen LogP contribution in [0, 0.1) is 5.82 Å². The second-order valence-electron chi connectivity index (χ2n) is 4.94. The number of phenolic OH excluding ortho intramolecular Hbond substituents is 1. The number of halogens is 1. The first kappa shape index (κ1) is 14.5. The number of hydrogen-bond acceptors (Lipinski definition) is 3. The Bertz CT molecular complexity index is 806. The SMILES string of the molecule is O=C(Cc1ccc(F)cc1)c1ccc(-c2cccc(O)c2)s1. The molecule has 4 heteroatoms. The molecule has 0 radical (unpaired) electrons. The Morgan fingerprint density at radius 2 is 1.82 bits per heavy atom. The van der Waals surface area contributed by atoms with Gasteiger partial charge in [-0.15, -0.1) is 11.3 Å². The minimum atomic E-state index is -0.307. The molecule has 22 heavy (non-hydrogen) atoms. The summed E-state index contributed by atoms with van der Waals surface area (Å²) in [6, 6.07) is 16.5. The van der Waals surface area contributed by atoms with Crippen molar-refractivity contribution in [2.75, 3.05) is 0 Å². The van der Waals surface area contributed by atoms with Crippen molar-refractivity contribution in [2.24, 2.45) is 0 Å². The van der Waals surface area contributed by atoms with Crippen molar-refractivity contribution in [3.05, 3.63) is 76.9 Å². The Labute approximate surface area is 131 Å². The molecule has 0 atom stereocenters. The number of hydrogen-bond donors (Lipinski definition) is 1. The van der Waals surface area contributed by atoms with Crippen LogP contribution in [0.3, 0.4) is 0 Å². The first-order valence-corrected chi connectivity index (χ1v) is 7.60. The third kappa shape index (κ3) is 3.23. The Hall–Kier alpha value is -2.46. The Morgan fingerprint density at radius 3 is 2.55 bits per heavy atom. The first-order chi connectivity index (χ1) is 10.6. The van der Waals surface area contributed by atoms with E-state index in [-0.39, 0.29) is 23.8 Å². The molecule has 1 N–H and O–H groups in total. The van der Waals surface area contributed by atoms with Gasteiger partial charge in [0.25, 0.3) is 0 Å². The van der Waals surface area contributed by atoms with Gasteiger partial charge in [-0.1, -0.05) is 24.3 Å². The first-order valence-electron chi connectivity index (χ1n) is 6.79. The predicted octanol–water partition coefficient (Wildman–Crippen LogP) is 4.69. The molecule has 0 aliphatic carbocycles. The number of rotatable bonds is 4. The van der Waals surface area contributed by atoms with Crippen LogP contribution in [0.1, 0.15) is 15.2 Å². The van der Waals surface area contributed by atoms with Crippen LogP contribution in [0.5, 0.6) is 5.75 Å². The molecule has 0 bridgehead atoms. The number of thiophene rings is 1. The highest BCUT2D eigenvalue weighted by atomic mass is 32.1. The van der Waals surface area contributed by atoms with Crippen LogP contribution in [-0.4, -0.2) is 10.9 Å². The van der Waals surface area contributed by atoms with Crippen LogP contribution in [0.2, 0.25) is 0 Å². The van der Waals surface area contributed by atoms with Gasteiger partial charge < -0.3 is 5.11 Å². The average molecular weight is 312 g/mol. The van der Waals surface area contributed by atoms with Gasteiger partial charge in [0.2, 0.25) is 0 Å². The molecule has 0 aliphatic heterocycles. The zero-order chi connectivity index (χ0) is 15.5. The molecule has 110 valence electrons. The van der Waals surface area contributed by atoms with Crippen molar-refractivity contribution in [3.63, 3.8) is 0 Å². The average Bonchev–Trinajstić information content (AvgIpc) is 3.00. The fourth-order valence-electron chi connectivity index (χ4n) is 2.18. The van der Waals surface area contributed by atoms with Crippen LogP contribution in [0.4, 0.5) is 4.39 Å². The monoisotopic (exact) mass is 312 g/mol. The summed E-state index contributed by atoms with van der Waals surface area (Å²) in [7, 11) is 0. The maximum atomic E-state index is 12.9. The van der Waals surface area contributed by atoms with Crippen molar-refractivity contribution in [1.82, 2.24) is 0 Å². The standard InChI is InChI=1S/C18H13FO2S/c19-14-6-4-12(5-7-14)10-16(21)18-9-8-17(22-18)13-2-1-3-15(20)11-13/h1-9,11,20H,10H2. The summed E-state index contributed by atoms with van der Waals surface area (Å²) in [6.45, 7) is 0. The molecule has 0 fully saturated rings. The molecule has 3 rings (SSSR count). The zero-order valence-electron chi connectivity index (χ0n) is 11.6. The lowest BCUT2D eigenvalue weighted by Gasteiger charge is -2.00. The van der Waals surface area contributed by atoms with Crippen molar-refractivity contribution < 1.29 is 14.3 Å². The molecule has 3 aromatic rings. The summed E-state index contributed by atoms with van der Waals surface area (Å²) in [5.41, 5.74) is 1.67. The molecular formula is C18H13FO2S. The van der Waals surface area contributed by atoms with Crippen LogP contribution in [0.25, 0.3) is 10.4 Å². The maximum Gasteiger partial charge on any atom is 0.177 e. The van der Waals surface area contributed by atoms with Crippen molar-refractivity contribution >= 4 is 17.1 Å². The van der Waals surface area contributed by atoms with E-state index in [1.54, 1.807) is 36.4 Å². The Balaban J connectivity index is 1.78. The van der Waals surface area contributed by atoms with Gasteiger partial charge in [0.05, 0.1) is 4.88 Å². The van der Waals surface area contributed by atoms with Crippen molar-refractivity contribution in [3.8, 4) is 16.2 Å². The lowest BCUT2D eigenvalue weighted by molar-refractivity contribution is 0.0997. The van der Waals surface area contributed by atoms with E-state index in [1.807, 2.05) is 12.1 Å². The number of ketones is 1. The summed E-state index contributed by atoms with van der Waals surface area (Å²) in [6.07, 6.45) is 0.250. The molecule has 1 heterocycles. The largest absolute Gasteiger partial charge is 0.508 e. The lowest BCUT2D eigenvalue weighted by atomic mass is 10.1. The molecule has 0 amide bonds. The molecule has 2 nitrogen and oxygen atoms in total. The van der Waals surface area contributed by atoms with E-state index in [1.165, 1.54) is 23.5 Å². The van der Waals surface area contributed by atoms with Gasteiger partial charge in [0, 0.05) is 11.3 Å². The molecule has 0 saturated carbocycles. The maximum absolute atomic E-state index is 12.9. The van der Waals surface area contributed by atoms with Crippen molar-refractivity contribution in [1.29, 1.82) is 0 Å². The van der Waals surface area contributed by atoms with Gasteiger partial charge >= 0.3 is 0 Å². The third-order valence-electron chi connectivity index (χ3n) is 3.29. The second kappa shape index (κ2) is 6.12.